The summed E-state index contributed by atoms with van der Waals surface area (Å²) in [6, 6.07) is 1.37. The third-order valence-electron chi connectivity index (χ3n) is 2.59. The Bertz CT molecular complexity index is 595. The van der Waals surface area contributed by atoms with E-state index in [1.807, 2.05) is 7.05 Å². The third kappa shape index (κ3) is 2.97. The minimum atomic E-state index is -1.07. The molecule has 0 unspecified atom stereocenters. The van der Waals surface area contributed by atoms with E-state index in [-0.39, 0.29) is 5.56 Å². The van der Waals surface area contributed by atoms with E-state index in [4.69, 9.17) is 10.8 Å². The fraction of sp³-hybridized carbons (Fsp3) is 0.273. The summed E-state index contributed by atoms with van der Waals surface area (Å²) in [5.74, 6) is 0.0321. The van der Waals surface area contributed by atoms with Crippen LogP contribution in [0.4, 0.5) is 11.5 Å². The SMILES string of the molecule is Cn1cnnc1CCNc1ncc(N)cc1C(=O)O. The lowest BCUT2D eigenvalue weighted by Gasteiger charge is -2.08. The molecule has 0 radical (unpaired) electrons. The highest BCUT2D eigenvalue weighted by molar-refractivity contribution is 5.94. The fourth-order valence-corrected chi connectivity index (χ4v) is 1.61. The maximum atomic E-state index is 11.1. The van der Waals surface area contributed by atoms with E-state index in [2.05, 4.69) is 20.5 Å². The molecule has 8 nitrogen and oxygen atoms in total. The van der Waals surface area contributed by atoms with Crippen LogP contribution in [0.25, 0.3) is 0 Å². The summed E-state index contributed by atoms with van der Waals surface area (Å²) in [5.41, 5.74) is 5.89. The molecular weight excluding hydrogens is 248 g/mol. The van der Waals surface area contributed by atoms with E-state index >= 15 is 0 Å². The number of nitrogens with one attached hydrogen (secondary N) is 1. The first-order valence-electron chi connectivity index (χ1n) is 5.63. The van der Waals surface area contributed by atoms with Gasteiger partial charge in [-0.3, -0.25) is 0 Å². The second-order valence-corrected chi connectivity index (χ2v) is 4.00. The molecule has 0 fully saturated rings. The first-order valence-corrected chi connectivity index (χ1v) is 5.63. The number of aromatic carboxylic acids is 1. The van der Waals surface area contributed by atoms with Crippen molar-refractivity contribution in [2.24, 2.45) is 7.05 Å². The van der Waals surface area contributed by atoms with Crippen LogP contribution in [0, 0.1) is 0 Å². The number of pyridine rings is 1. The zero-order valence-corrected chi connectivity index (χ0v) is 10.4. The van der Waals surface area contributed by atoms with Crippen LogP contribution >= 0.6 is 0 Å². The molecule has 0 bridgehead atoms. The van der Waals surface area contributed by atoms with Crippen molar-refractivity contribution in [3.8, 4) is 0 Å². The van der Waals surface area contributed by atoms with Gasteiger partial charge in [-0.25, -0.2) is 9.78 Å². The monoisotopic (exact) mass is 262 g/mol. The standard InChI is InChI=1S/C11H14N6O2/c1-17-6-15-16-9(17)2-3-13-10-8(11(18)19)4-7(12)5-14-10/h4-6H,2-3,12H2,1H3,(H,13,14)(H,18,19). The van der Waals surface area contributed by atoms with Crippen LogP contribution in [0.15, 0.2) is 18.6 Å². The number of carboxylic acid groups (broad SMARTS) is 1. The van der Waals surface area contributed by atoms with Crippen LogP contribution < -0.4 is 11.1 Å². The number of nitrogens with two attached hydrogens (primary N) is 1. The van der Waals surface area contributed by atoms with E-state index in [1.54, 1.807) is 10.9 Å². The van der Waals surface area contributed by atoms with Crippen molar-refractivity contribution < 1.29 is 9.90 Å². The number of aromatic nitrogens is 4. The third-order valence-corrected chi connectivity index (χ3v) is 2.59. The average molecular weight is 262 g/mol. The highest BCUT2D eigenvalue weighted by atomic mass is 16.4. The van der Waals surface area contributed by atoms with E-state index < -0.39 is 5.97 Å². The molecule has 0 aliphatic carbocycles. The van der Waals surface area contributed by atoms with Gasteiger partial charge in [0, 0.05) is 20.0 Å². The van der Waals surface area contributed by atoms with Crippen LogP contribution in [-0.4, -0.2) is 37.4 Å². The van der Waals surface area contributed by atoms with E-state index in [1.165, 1.54) is 12.3 Å². The first kappa shape index (κ1) is 12.8. The van der Waals surface area contributed by atoms with Crippen molar-refractivity contribution in [2.45, 2.75) is 6.42 Å². The molecular formula is C11H14N6O2. The molecule has 8 heteroatoms. The molecule has 2 rings (SSSR count). The number of anilines is 2. The molecule has 100 valence electrons. The number of nitrogens with zero attached hydrogens (tertiary/aromatic N) is 4. The van der Waals surface area contributed by atoms with Gasteiger partial charge in [0.25, 0.3) is 0 Å². The highest BCUT2D eigenvalue weighted by Crippen LogP contribution is 2.15. The number of hydrogen-bond donors (Lipinski definition) is 3. The van der Waals surface area contributed by atoms with Crippen molar-refractivity contribution in [3.63, 3.8) is 0 Å². The van der Waals surface area contributed by atoms with Crippen LogP contribution in [0.2, 0.25) is 0 Å². The van der Waals surface area contributed by atoms with Crippen molar-refractivity contribution in [1.29, 1.82) is 0 Å². The van der Waals surface area contributed by atoms with Crippen molar-refractivity contribution >= 4 is 17.5 Å². The summed E-state index contributed by atoms with van der Waals surface area (Å²) < 4.78 is 1.80. The van der Waals surface area contributed by atoms with Gasteiger partial charge in [0.05, 0.1) is 11.9 Å². The number of rotatable bonds is 5. The van der Waals surface area contributed by atoms with Gasteiger partial charge in [0.15, 0.2) is 0 Å². The molecule has 0 atom stereocenters. The Balaban J connectivity index is 2.03. The Morgan fingerprint density at radius 2 is 2.37 bits per heavy atom. The molecule has 0 saturated heterocycles. The summed E-state index contributed by atoms with van der Waals surface area (Å²) in [4.78, 5) is 15.0. The molecule has 4 N–H and O–H groups in total. The van der Waals surface area contributed by atoms with Gasteiger partial charge in [-0.05, 0) is 6.07 Å². The fourth-order valence-electron chi connectivity index (χ4n) is 1.61. The van der Waals surface area contributed by atoms with Crippen molar-refractivity contribution in [2.75, 3.05) is 17.6 Å². The predicted octanol–water partition coefficient (Wildman–Crippen LogP) is 0.145. The van der Waals surface area contributed by atoms with Gasteiger partial charge in [0.1, 0.15) is 23.5 Å². The summed E-state index contributed by atoms with van der Waals surface area (Å²) in [7, 11) is 1.85. The molecule has 0 aliphatic heterocycles. The van der Waals surface area contributed by atoms with Crippen LogP contribution in [0.5, 0.6) is 0 Å². The Morgan fingerprint density at radius 1 is 1.58 bits per heavy atom. The summed E-state index contributed by atoms with van der Waals surface area (Å²) in [6.07, 6.45) is 3.64. The molecule has 0 aliphatic rings. The Kier molecular flexibility index (Phi) is 3.60. The molecule has 19 heavy (non-hydrogen) atoms. The Labute approximate surface area is 109 Å². The van der Waals surface area contributed by atoms with Gasteiger partial charge < -0.3 is 20.7 Å². The number of aryl methyl sites for hydroxylation is 1. The second kappa shape index (κ2) is 5.34. The van der Waals surface area contributed by atoms with Crippen molar-refractivity contribution in [3.05, 3.63) is 30.0 Å². The molecule has 0 amide bonds. The number of hydrogen-bond acceptors (Lipinski definition) is 6. The molecule has 2 aromatic heterocycles. The average Bonchev–Trinajstić information content (AvgIpc) is 2.77. The van der Waals surface area contributed by atoms with Gasteiger partial charge >= 0.3 is 5.97 Å². The van der Waals surface area contributed by atoms with Gasteiger partial charge in [-0.2, -0.15) is 0 Å². The molecule has 2 aromatic rings. The first-order chi connectivity index (χ1) is 9.08. The summed E-state index contributed by atoms with van der Waals surface area (Å²) in [6.45, 7) is 0.504. The zero-order valence-electron chi connectivity index (χ0n) is 10.4. The second-order valence-electron chi connectivity index (χ2n) is 4.00. The number of carboxylic acids is 1. The van der Waals surface area contributed by atoms with Gasteiger partial charge in [-0.15, -0.1) is 10.2 Å². The van der Waals surface area contributed by atoms with E-state index in [9.17, 15) is 4.79 Å². The normalized spacial score (nSPS) is 10.4. The topological polar surface area (TPSA) is 119 Å². The maximum Gasteiger partial charge on any atom is 0.339 e. The molecule has 0 aromatic carbocycles. The lowest BCUT2D eigenvalue weighted by Crippen LogP contribution is -2.13. The van der Waals surface area contributed by atoms with Crippen molar-refractivity contribution in [1.82, 2.24) is 19.7 Å². The van der Waals surface area contributed by atoms with E-state index in [0.29, 0.717) is 24.5 Å². The van der Waals surface area contributed by atoms with Gasteiger partial charge in [-0.1, -0.05) is 0 Å². The lowest BCUT2D eigenvalue weighted by molar-refractivity contribution is 0.0697. The number of nitrogen functional groups attached to an aromatic ring is 1. The lowest BCUT2D eigenvalue weighted by atomic mass is 10.2. The minimum Gasteiger partial charge on any atom is -0.478 e. The highest BCUT2D eigenvalue weighted by Gasteiger charge is 2.11. The van der Waals surface area contributed by atoms with E-state index in [0.717, 1.165) is 5.82 Å². The Hall–Kier alpha value is -2.64. The predicted molar refractivity (Wildman–Crippen MR) is 68.8 cm³/mol. The van der Waals surface area contributed by atoms with Crippen LogP contribution in [0.3, 0.4) is 0 Å². The molecule has 0 spiro atoms. The van der Waals surface area contributed by atoms with Gasteiger partial charge in [0.2, 0.25) is 0 Å². The summed E-state index contributed by atoms with van der Waals surface area (Å²) >= 11 is 0. The smallest absolute Gasteiger partial charge is 0.339 e. The quantitative estimate of drug-likeness (QED) is 0.701. The molecule has 0 saturated carbocycles. The zero-order chi connectivity index (χ0) is 13.8. The Morgan fingerprint density at radius 3 is 3.00 bits per heavy atom. The number of carbonyl (C=O) groups is 1. The minimum absolute atomic E-state index is 0.0537. The molecule has 2 heterocycles. The largest absolute Gasteiger partial charge is 0.478 e. The maximum absolute atomic E-state index is 11.1. The van der Waals surface area contributed by atoms with Crippen LogP contribution in [0.1, 0.15) is 16.2 Å². The summed E-state index contributed by atoms with van der Waals surface area (Å²) in [5, 5.41) is 19.7. The van der Waals surface area contributed by atoms with Crippen LogP contribution in [-0.2, 0) is 13.5 Å².